The summed E-state index contributed by atoms with van der Waals surface area (Å²) in [5.74, 6) is -1.71. The first-order valence-electron chi connectivity index (χ1n) is 7.99. The van der Waals surface area contributed by atoms with Crippen molar-refractivity contribution >= 4 is 23.3 Å². The summed E-state index contributed by atoms with van der Waals surface area (Å²) in [5.41, 5.74) is 0.966. The average molecular weight is 363 g/mol. The molecule has 0 bridgehead atoms. The average Bonchev–Trinajstić information content (AvgIpc) is 3.09. The number of aliphatic carboxylic acids is 1. The molecule has 0 saturated carbocycles. The Morgan fingerprint density at radius 2 is 2.20 bits per heavy atom. The molecular formula is C17H18FN3O3S. The van der Waals surface area contributed by atoms with Gasteiger partial charge in [-0.2, -0.15) is 0 Å². The molecule has 1 atom stereocenters. The second kappa shape index (κ2) is 7.60. The van der Waals surface area contributed by atoms with E-state index < -0.39 is 11.9 Å². The van der Waals surface area contributed by atoms with Crippen molar-refractivity contribution in [1.82, 2.24) is 15.2 Å². The third-order valence-electron chi connectivity index (χ3n) is 4.15. The Kier molecular flexibility index (Phi) is 5.28. The molecule has 0 aliphatic carbocycles. The first-order valence-corrected chi connectivity index (χ1v) is 8.87. The van der Waals surface area contributed by atoms with Gasteiger partial charge in [0.1, 0.15) is 10.8 Å². The topological polar surface area (TPSA) is 82.5 Å². The predicted octanol–water partition coefficient (Wildman–Crippen LogP) is 2.96. The highest BCUT2D eigenvalue weighted by atomic mass is 32.1. The Morgan fingerprint density at radius 1 is 1.40 bits per heavy atom. The van der Waals surface area contributed by atoms with Crippen molar-refractivity contribution in [3.63, 3.8) is 0 Å². The number of hydrogen-bond acceptors (Lipinski definition) is 4. The van der Waals surface area contributed by atoms with Crippen LogP contribution in [0.4, 0.5) is 9.18 Å². The van der Waals surface area contributed by atoms with Crippen molar-refractivity contribution in [2.75, 3.05) is 13.1 Å². The van der Waals surface area contributed by atoms with E-state index in [1.165, 1.54) is 22.3 Å². The molecule has 0 radical (unpaired) electrons. The minimum atomic E-state index is -0.869. The second-order valence-corrected chi connectivity index (χ2v) is 6.83. The van der Waals surface area contributed by atoms with Crippen LogP contribution in [0, 0.1) is 11.7 Å². The first kappa shape index (κ1) is 17.3. The van der Waals surface area contributed by atoms with E-state index in [1.54, 1.807) is 23.6 Å². The fourth-order valence-electron chi connectivity index (χ4n) is 2.81. The van der Waals surface area contributed by atoms with Crippen LogP contribution >= 0.6 is 11.3 Å². The molecule has 8 heteroatoms. The van der Waals surface area contributed by atoms with Crippen molar-refractivity contribution in [1.29, 1.82) is 0 Å². The normalized spacial score (nSPS) is 17.3. The zero-order valence-electron chi connectivity index (χ0n) is 13.4. The number of halogens is 1. The third-order valence-corrected chi connectivity index (χ3v) is 5.00. The SMILES string of the molecule is O=C(O)C1CCCN(C(=O)NCc2nc(-c3ccccc3F)cs2)C1. The van der Waals surface area contributed by atoms with Gasteiger partial charge in [-0.05, 0) is 25.0 Å². The maximum Gasteiger partial charge on any atom is 0.317 e. The molecule has 2 heterocycles. The summed E-state index contributed by atoms with van der Waals surface area (Å²) < 4.78 is 13.8. The molecule has 2 aromatic rings. The molecule has 1 unspecified atom stereocenters. The molecule has 3 rings (SSSR count). The van der Waals surface area contributed by atoms with E-state index in [-0.39, 0.29) is 24.9 Å². The van der Waals surface area contributed by atoms with Gasteiger partial charge < -0.3 is 15.3 Å². The number of aromatic nitrogens is 1. The molecule has 0 spiro atoms. The van der Waals surface area contributed by atoms with Gasteiger partial charge in [0, 0.05) is 24.0 Å². The van der Waals surface area contributed by atoms with Crippen LogP contribution < -0.4 is 5.32 Å². The fourth-order valence-corrected chi connectivity index (χ4v) is 3.54. The van der Waals surface area contributed by atoms with Gasteiger partial charge in [0.25, 0.3) is 0 Å². The number of benzene rings is 1. The van der Waals surface area contributed by atoms with Gasteiger partial charge in [0.05, 0.1) is 18.2 Å². The van der Waals surface area contributed by atoms with Gasteiger partial charge in [-0.15, -0.1) is 11.3 Å². The van der Waals surface area contributed by atoms with Crippen LogP contribution in [0.3, 0.4) is 0 Å². The van der Waals surface area contributed by atoms with Crippen molar-refractivity contribution < 1.29 is 19.1 Å². The second-order valence-electron chi connectivity index (χ2n) is 5.89. The molecule has 1 aliphatic heterocycles. The van der Waals surface area contributed by atoms with E-state index in [2.05, 4.69) is 10.3 Å². The van der Waals surface area contributed by atoms with Crippen molar-refractivity contribution in [2.24, 2.45) is 5.92 Å². The lowest BCUT2D eigenvalue weighted by molar-refractivity contribution is -0.143. The van der Waals surface area contributed by atoms with Crippen LogP contribution in [-0.4, -0.2) is 40.1 Å². The summed E-state index contributed by atoms with van der Waals surface area (Å²) >= 11 is 1.34. The number of carboxylic acids is 1. The van der Waals surface area contributed by atoms with Crippen molar-refractivity contribution in [3.05, 3.63) is 40.5 Å². The van der Waals surface area contributed by atoms with Crippen LogP contribution in [0.25, 0.3) is 11.3 Å². The molecular weight excluding hydrogens is 345 g/mol. The molecule has 1 saturated heterocycles. The number of likely N-dealkylation sites (tertiary alicyclic amines) is 1. The highest BCUT2D eigenvalue weighted by Gasteiger charge is 2.28. The Balaban J connectivity index is 1.58. The quantitative estimate of drug-likeness (QED) is 0.875. The summed E-state index contributed by atoms with van der Waals surface area (Å²) in [4.78, 5) is 29.2. The number of rotatable bonds is 4. The summed E-state index contributed by atoms with van der Waals surface area (Å²) in [6.07, 6.45) is 1.27. The minimum Gasteiger partial charge on any atom is -0.481 e. The van der Waals surface area contributed by atoms with Gasteiger partial charge in [0.2, 0.25) is 0 Å². The van der Waals surface area contributed by atoms with Crippen molar-refractivity contribution in [3.8, 4) is 11.3 Å². The number of urea groups is 1. The van der Waals surface area contributed by atoms with Gasteiger partial charge in [0.15, 0.2) is 0 Å². The summed E-state index contributed by atoms with van der Waals surface area (Å²) in [7, 11) is 0. The van der Waals surface area contributed by atoms with Gasteiger partial charge in [-0.1, -0.05) is 12.1 Å². The number of carbonyl (C=O) groups is 2. The summed E-state index contributed by atoms with van der Waals surface area (Å²) in [5, 5.41) is 14.3. The largest absolute Gasteiger partial charge is 0.481 e. The lowest BCUT2D eigenvalue weighted by Gasteiger charge is -2.30. The van der Waals surface area contributed by atoms with Crippen molar-refractivity contribution in [2.45, 2.75) is 19.4 Å². The number of nitrogens with one attached hydrogen (secondary N) is 1. The summed E-state index contributed by atoms with van der Waals surface area (Å²) in [6, 6.07) is 6.11. The summed E-state index contributed by atoms with van der Waals surface area (Å²) in [6.45, 7) is 1.000. The number of nitrogens with zero attached hydrogens (tertiary/aromatic N) is 2. The predicted molar refractivity (Wildman–Crippen MR) is 91.7 cm³/mol. The number of amides is 2. The van der Waals surface area contributed by atoms with E-state index >= 15 is 0 Å². The molecule has 132 valence electrons. The number of carboxylic acid groups (broad SMARTS) is 1. The number of piperidine rings is 1. The third kappa shape index (κ3) is 4.14. The zero-order chi connectivity index (χ0) is 17.8. The number of carbonyl (C=O) groups excluding carboxylic acids is 1. The molecule has 6 nitrogen and oxygen atoms in total. The molecule has 1 fully saturated rings. The van der Waals surface area contributed by atoms with E-state index in [9.17, 15) is 14.0 Å². The first-order chi connectivity index (χ1) is 12.0. The van der Waals surface area contributed by atoms with Gasteiger partial charge >= 0.3 is 12.0 Å². The van der Waals surface area contributed by atoms with Crippen LogP contribution in [0.1, 0.15) is 17.8 Å². The maximum absolute atomic E-state index is 13.8. The van der Waals surface area contributed by atoms with Gasteiger partial charge in [-0.25, -0.2) is 14.2 Å². The van der Waals surface area contributed by atoms with Crippen LogP contribution in [0.15, 0.2) is 29.6 Å². The molecule has 2 amide bonds. The van der Waals surface area contributed by atoms with E-state index in [4.69, 9.17) is 5.11 Å². The molecule has 25 heavy (non-hydrogen) atoms. The fraction of sp³-hybridized carbons (Fsp3) is 0.353. The molecule has 1 aromatic heterocycles. The highest BCUT2D eigenvalue weighted by Crippen LogP contribution is 2.24. The van der Waals surface area contributed by atoms with Crippen LogP contribution in [0.5, 0.6) is 0 Å². The highest BCUT2D eigenvalue weighted by molar-refractivity contribution is 7.09. The number of hydrogen-bond donors (Lipinski definition) is 2. The van der Waals surface area contributed by atoms with Crippen LogP contribution in [0.2, 0.25) is 0 Å². The number of thiazole rings is 1. The van der Waals surface area contributed by atoms with Crippen LogP contribution in [-0.2, 0) is 11.3 Å². The van der Waals surface area contributed by atoms with E-state index in [0.29, 0.717) is 35.7 Å². The Labute approximate surface area is 148 Å². The standard InChI is InChI=1S/C17H18FN3O3S/c18-13-6-2-1-5-12(13)14-10-25-15(20-14)8-19-17(24)21-7-3-4-11(9-21)16(22)23/h1-2,5-6,10-11H,3-4,7-9H2,(H,19,24)(H,22,23). The molecule has 2 N–H and O–H groups in total. The zero-order valence-corrected chi connectivity index (χ0v) is 14.3. The molecule has 1 aromatic carbocycles. The van der Waals surface area contributed by atoms with Gasteiger partial charge in [-0.3, -0.25) is 4.79 Å². The lowest BCUT2D eigenvalue weighted by atomic mass is 9.99. The monoisotopic (exact) mass is 363 g/mol. The van der Waals surface area contributed by atoms with E-state index in [1.807, 2.05) is 0 Å². The molecule has 1 aliphatic rings. The minimum absolute atomic E-state index is 0.222. The Bertz CT molecular complexity index is 780. The smallest absolute Gasteiger partial charge is 0.317 e. The Hall–Kier alpha value is -2.48. The Morgan fingerprint density at radius 3 is 2.96 bits per heavy atom. The lowest BCUT2D eigenvalue weighted by Crippen LogP contribution is -2.46. The maximum atomic E-state index is 13.8. The van der Waals surface area contributed by atoms with E-state index in [0.717, 1.165) is 0 Å².